The number of aromatic amines is 1. The standard InChI is InChI=1S/C18H22N4O2.2ClH/c1-11(20-10-17(24)12-2-5-18(19)22-8-12)6-13-9-21-16-4-3-14(23)7-15(13)16;;/h2-5,7-9,11,17,20-21,23-24H,6,10H2,1H3,(H2,19,22);2*1H/t11-,17-;;/m0../s1. The molecule has 142 valence electrons. The number of phenolic OH excluding ortho intramolecular Hbond substituents is 1. The molecular weight excluding hydrogens is 375 g/mol. The molecule has 26 heavy (non-hydrogen) atoms. The zero-order chi connectivity index (χ0) is 17.1. The Hall–Kier alpha value is -1.99. The van der Waals surface area contributed by atoms with Gasteiger partial charge < -0.3 is 26.2 Å². The van der Waals surface area contributed by atoms with Gasteiger partial charge in [-0.15, -0.1) is 24.8 Å². The summed E-state index contributed by atoms with van der Waals surface area (Å²) in [7, 11) is 0. The highest BCUT2D eigenvalue weighted by molar-refractivity contribution is 5.86. The smallest absolute Gasteiger partial charge is 0.123 e. The third-order valence-corrected chi connectivity index (χ3v) is 4.13. The maximum absolute atomic E-state index is 10.2. The van der Waals surface area contributed by atoms with Crippen LogP contribution in [-0.2, 0) is 6.42 Å². The third-order valence-electron chi connectivity index (χ3n) is 4.13. The maximum Gasteiger partial charge on any atom is 0.123 e. The summed E-state index contributed by atoms with van der Waals surface area (Å²) >= 11 is 0. The fourth-order valence-corrected chi connectivity index (χ4v) is 2.78. The number of aromatic hydroxyl groups is 1. The molecule has 0 saturated carbocycles. The summed E-state index contributed by atoms with van der Waals surface area (Å²) in [5, 5.41) is 24.2. The number of nitrogens with two attached hydrogens (primary N) is 1. The molecular formula is C18H24Cl2N4O2. The van der Waals surface area contributed by atoms with Gasteiger partial charge in [-0.25, -0.2) is 4.98 Å². The van der Waals surface area contributed by atoms with Crippen molar-refractivity contribution in [3.63, 3.8) is 0 Å². The van der Waals surface area contributed by atoms with Gasteiger partial charge in [-0.3, -0.25) is 0 Å². The molecule has 0 fully saturated rings. The van der Waals surface area contributed by atoms with Crippen LogP contribution in [-0.4, -0.2) is 32.8 Å². The van der Waals surface area contributed by atoms with Crippen LogP contribution in [0.25, 0.3) is 10.9 Å². The number of aliphatic hydroxyl groups is 1. The van der Waals surface area contributed by atoms with Crippen LogP contribution < -0.4 is 11.1 Å². The predicted octanol–water partition coefficient (Wildman–Crippen LogP) is 2.95. The van der Waals surface area contributed by atoms with E-state index < -0.39 is 6.10 Å². The first-order valence-electron chi connectivity index (χ1n) is 7.95. The number of rotatable bonds is 6. The summed E-state index contributed by atoms with van der Waals surface area (Å²) in [6.45, 7) is 2.50. The number of aromatic nitrogens is 2. The Bertz CT molecular complexity index is 824. The molecule has 6 N–H and O–H groups in total. The quantitative estimate of drug-likeness (QED) is 0.438. The normalized spacial score (nSPS) is 12.8. The van der Waals surface area contributed by atoms with Crippen LogP contribution in [0.1, 0.15) is 24.2 Å². The average molecular weight is 399 g/mol. The summed E-state index contributed by atoms with van der Waals surface area (Å²) in [4.78, 5) is 7.20. The van der Waals surface area contributed by atoms with Crippen molar-refractivity contribution < 1.29 is 10.2 Å². The van der Waals surface area contributed by atoms with E-state index in [-0.39, 0.29) is 36.6 Å². The molecule has 0 saturated heterocycles. The van der Waals surface area contributed by atoms with Gasteiger partial charge in [0.05, 0.1) is 6.10 Å². The number of benzene rings is 1. The zero-order valence-electron chi connectivity index (χ0n) is 14.3. The minimum atomic E-state index is -0.632. The van der Waals surface area contributed by atoms with Gasteiger partial charge in [0.15, 0.2) is 0 Å². The van der Waals surface area contributed by atoms with Gasteiger partial charge in [0, 0.05) is 41.4 Å². The number of halogens is 2. The highest BCUT2D eigenvalue weighted by Crippen LogP contribution is 2.24. The van der Waals surface area contributed by atoms with Crippen LogP contribution in [0.15, 0.2) is 42.7 Å². The molecule has 0 radical (unpaired) electrons. The van der Waals surface area contributed by atoms with E-state index in [1.165, 1.54) is 0 Å². The zero-order valence-corrected chi connectivity index (χ0v) is 16.0. The molecule has 0 bridgehead atoms. The highest BCUT2D eigenvalue weighted by Gasteiger charge is 2.12. The molecule has 0 unspecified atom stereocenters. The average Bonchev–Trinajstić information content (AvgIpc) is 2.95. The summed E-state index contributed by atoms with van der Waals surface area (Å²) in [6.07, 6.45) is 3.71. The molecule has 8 heteroatoms. The lowest BCUT2D eigenvalue weighted by Crippen LogP contribution is -2.32. The number of nitrogen functional groups attached to an aromatic ring is 1. The van der Waals surface area contributed by atoms with Crippen molar-refractivity contribution in [3.8, 4) is 5.75 Å². The van der Waals surface area contributed by atoms with Crippen molar-refractivity contribution >= 4 is 41.5 Å². The summed E-state index contributed by atoms with van der Waals surface area (Å²) in [5.74, 6) is 0.699. The van der Waals surface area contributed by atoms with E-state index in [1.54, 1.807) is 30.5 Å². The van der Waals surface area contributed by atoms with E-state index in [1.807, 2.05) is 12.3 Å². The first kappa shape index (κ1) is 22.1. The fourth-order valence-electron chi connectivity index (χ4n) is 2.78. The lowest BCUT2D eigenvalue weighted by molar-refractivity contribution is 0.170. The van der Waals surface area contributed by atoms with Crippen molar-refractivity contribution in [3.05, 3.63) is 53.9 Å². The molecule has 6 nitrogen and oxygen atoms in total. The number of aliphatic hydroxyl groups excluding tert-OH is 1. The summed E-state index contributed by atoms with van der Waals surface area (Å²) in [6, 6.07) is 8.93. The van der Waals surface area contributed by atoms with Gasteiger partial charge in [0.2, 0.25) is 0 Å². The minimum Gasteiger partial charge on any atom is -0.508 e. The van der Waals surface area contributed by atoms with E-state index in [4.69, 9.17) is 5.73 Å². The summed E-state index contributed by atoms with van der Waals surface area (Å²) < 4.78 is 0. The van der Waals surface area contributed by atoms with Crippen molar-refractivity contribution in [1.29, 1.82) is 0 Å². The van der Waals surface area contributed by atoms with E-state index in [2.05, 4.69) is 22.2 Å². The molecule has 0 amide bonds. The van der Waals surface area contributed by atoms with Gasteiger partial charge >= 0.3 is 0 Å². The second-order valence-corrected chi connectivity index (χ2v) is 6.09. The second-order valence-electron chi connectivity index (χ2n) is 6.09. The first-order chi connectivity index (χ1) is 11.5. The molecule has 2 aromatic heterocycles. The topological polar surface area (TPSA) is 107 Å². The first-order valence-corrected chi connectivity index (χ1v) is 7.95. The van der Waals surface area contributed by atoms with Gasteiger partial charge in [-0.2, -0.15) is 0 Å². The maximum atomic E-state index is 10.2. The largest absolute Gasteiger partial charge is 0.508 e. The van der Waals surface area contributed by atoms with Crippen LogP contribution >= 0.6 is 24.8 Å². The lowest BCUT2D eigenvalue weighted by atomic mass is 10.1. The van der Waals surface area contributed by atoms with Gasteiger partial charge in [-0.1, -0.05) is 6.07 Å². The molecule has 0 aliphatic carbocycles. The van der Waals surface area contributed by atoms with Crippen LogP contribution in [0.2, 0.25) is 0 Å². The Labute approximate surface area is 164 Å². The third kappa shape index (κ3) is 5.25. The number of nitrogens with zero attached hydrogens (tertiary/aromatic N) is 1. The van der Waals surface area contributed by atoms with E-state index in [0.717, 1.165) is 28.5 Å². The van der Waals surface area contributed by atoms with Gasteiger partial charge in [-0.05, 0) is 43.2 Å². The van der Waals surface area contributed by atoms with Gasteiger partial charge in [0.25, 0.3) is 0 Å². The Balaban J connectivity index is 0.00000169. The van der Waals surface area contributed by atoms with Crippen molar-refractivity contribution in [2.75, 3.05) is 12.3 Å². The molecule has 2 atom stereocenters. The van der Waals surface area contributed by atoms with Crippen LogP contribution in [0, 0.1) is 0 Å². The molecule has 3 aromatic rings. The fraction of sp³-hybridized carbons (Fsp3) is 0.278. The number of H-pyrrole nitrogens is 1. The number of phenols is 1. The Morgan fingerprint density at radius 3 is 2.69 bits per heavy atom. The predicted molar refractivity (Wildman–Crippen MR) is 109 cm³/mol. The molecule has 0 aliphatic rings. The van der Waals surface area contributed by atoms with E-state index in [0.29, 0.717) is 12.4 Å². The summed E-state index contributed by atoms with van der Waals surface area (Å²) in [5.41, 5.74) is 8.42. The molecule has 0 aliphatic heterocycles. The Morgan fingerprint density at radius 1 is 1.23 bits per heavy atom. The number of hydrogen-bond acceptors (Lipinski definition) is 5. The van der Waals surface area contributed by atoms with Crippen LogP contribution in [0.4, 0.5) is 5.82 Å². The number of pyridine rings is 1. The number of anilines is 1. The van der Waals surface area contributed by atoms with E-state index in [9.17, 15) is 10.2 Å². The number of nitrogens with one attached hydrogen (secondary N) is 2. The van der Waals surface area contributed by atoms with Crippen molar-refractivity contribution in [1.82, 2.24) is 15.3 Å². The molecule has 0 spiro atoms. The van der Waals surface area contributed by atoms with Crippen molar-refractivity contribution in [2.45, 2.75) is 25.5 Å². The molecule has 3 rings (SSSR count). The van der Waals surface area contributed by atoms with Gasteiger partial charge in [0.1, 0.15) is 11.6 Å². The second kappa shape index (κ2) is 9.64. The minimum absolute atomic E-state index is 0. The van der Waals surface area contributed by atoms with Crippen molar-refractivity contribution in [2.24, 2.45) is 0 Å². The van der Waals surface area contributed by atoms with Crippen LogP contribution in [0.5, 0.6) is 5.75 Å². The monoisotopic (exact) mass is 398 g/mol. The SMILES string of the molecule is C[C@@H](Cc1c[nH]c2ccc(O)cc12)NC[C@H](O)c1ccc(N)nc1.Cl.Cl. The number of hydrogen-bond donors (Lipinski definition) is 5. The Kier molecular flexibility index (Phi) is 8.17. The lowest BCUT2D eigenvalue weighted by Gasteiger charge is -2.17. The highest BCUT2D eigenvalue weighted by atomic mass is 35.5. The number of fused-ring (bicyclic) bond motifs is 1. The van der Waals surface area contributed by atoms with E-state index >= 15 is 0 Å². The molecule has 2 heterocycles. The molecule has 1 aromatic carbocycles. The Morgan fingerprint density at radius 2 is 2.00 bits per heavy atom. The van der Waals surface area contributed by atoms with Crippen LogP contribution in [0.3, 0.4) is 0 Å².